The molecule has 0 aliphatic heterocycles. The molecule has 0 aromatic heterocycles. The number of carbonyl (C=O) groups is 2. The molecule has 0 saturated heterocycles. The third kappa shape index (κ3) is 4.53. The summed E-state index contributed by atoms with van der Waals surface area (Å²) in [6.45, 7) is 1.38. The zero-order chi connectivity index (χ0) is 17.7. The molecule has 0 unspecified atom stereocenters. The third-order valence-corrected chi connectivity index (χ3v) is 3.66. The van der Waals surface area contributed by atoms with E-state index in [-0.39, 0.29) is 17.3 Å². The minimum atomic E-state index is -1.32. The molecule has 2 aromatic rings. The number of hydrogen-bond donors (Lipinski definition) is 3. The van der Waals surface area contributed by atoms with Crippen LogP contribution in [-0.2, 0) is 15.2 Å². The van der Waals surface area contributed by atoms with Gasteiger partial charge >= 0.3 is 11.8 Å². The lowest BCUT2D eigenvalue weighted by Gasteiger charge is -2.24. The van der Waals surface area contributed by atoms with Crippen LogP contribution in [0.15, 0.2) is 48.5 Å². The van der Waals surface area contributed by atoms with Gasteiger partial charge in [-0.3, -0.25) is 9.59 Å². The fraction of sp³-hybridized carbons (Fsp3) is 0.176. The van der Waals surface area contributed by atoms with E-state index in [9.17, 15) is 19.1 Å². The number of benzene rings is 2. The summed E-state index contributed by atoms with van der Waals surface area (Å²) in [6.07, 6.45) is 0. The van der Waals surface area contributed by atoms with E-state index >= 15 is 0 Å². The van der Waals surface area contributed by atoms with Crippen molar-refractivity contribution in [2.45, 2.75) is 12.5 Å². The molecule has 2 rings (SSSR count). The molecule has 0 radical (unpaired) electrons. The lowest BCUT2D eigenvalue weighted by atomic mass is 9.96. The summed E-state index contributed by atoms with van der Waals surface area (Å²) in [7, 11) is 0. The topological polar surface area (TPSA) is 78.4 Å². The highest BCUT2D eigenvalue weighted by Crippen LogP contribution is 2.20. The van der Waals surface area contributed by atoms with E-state index in [1.807, 2.05) is 0 Å². The van der Waals surface area contributed by atoms with Gasteiger partial charge in [-0.25, -0.2) is 4.39 Å². The van der Waals surface area contributed by atoms with Gasteiger partial charge in [-0.2, -0.15) is 0 Å². The fourth-order valence-electron chi connectivity index (χ4n) is 1.99. The van der Waals surface area contributed by atoms with Crippen LogP contribution in [0.5, 0.6) is 0 Å². The number of halogens is 2. The molecule has 2 aromatic carbocycles. The zero-order valence-corrected chi connectivity index (χ0v) is 13.6. The van der Waals surface area contributed by atoms with Crippen LogP contribution in [0.4, 0.5) is 10.1 Å². The van der Waals surface area contributed by atoms with Gasteiger partial charge in [0.1, 0.15) is 11.4 Å². The minimum Gasteiger partial charge on any atom is -0.384 e. The van der Waals surface area contributed by atoms with E-state index in [1.165, 1.54) is 19.1 Å². The lowest BCUT2D eigenvalue weighted by molar-refractivity contribution is -0.136. The molecule has 0 aliphatic carbocycles. The molecular formula is C17H16ClFN2O3. The monoisotopic (exact) mass is 350 g/mol. The molecule has 0 fully saturated rings. The Bertz CT molecular complexity index is 751. The van der Waals surface area contributed by atoms with Gasteiger partial charge in [-0.1, -0.05) is 41.9 Å². The van der Waals surface area contributed by atoms with Crippen LogP contribution in [0.25, 0.3) is 0 Å². The SMILES string of the molecule is C[C@](O)(CNC(=O)C(=O)Nc1ccc(F)c(Cl)c1)c1ccccc1. The van der Waals surface area contributed by atoms with Crippen molar-refractivity contribution in [2.24, 2.45) is 0 Å². The summed E-state index contributed by atoms with van der Waals surface area (Å²) in [5.74, 6) is -2.49. The number of amides is 2. The predicted molar refractivity (Wildman–Crippen MR) is 89.1 cm³/mol. The standard InChI is InChI=1S/C17H16ClFN2O3/c1-17(24,11-5-3-2-4-6-11)10-20-15(22)16(23)21-12-7-8-14(19)13(18)9-12/h2-9,24H,10H2,1H3,(H,20,22)(H,21,23)/t17-/m0/s1. The number of hydrogen-bond acceptors (Lipinski definition) is 3. The van der Waals surface area contributed by atoms with E-state index in [0.717, 1.165) is 6.07 Å². The first-order chi connectivity index (χ1) is 11.3. The summed E-state index contributed by atoms with van der Waals surface area (Å²) in [5.41, 5.74) is -0.525. The quantitative estimate of drug-likeness (QED) is 0.741. The average Bonchev–Trinajstić information content (AvgIpc) is 2.57. The Labute approximate surface area is 143 Å². The van der Waals surface area contributed by atoms with E-state index in [4.69, 9.17) is 11.6 Å². The van der Waals surface area contributed by atoms with Crippen molar-refractivity contribution in [3.05, 3.63) is 64.9 Å². The van der Waals surface area contributed by atoms with Gasteiger partial charge in [0.2, 0.25) is 0 Å². The first kappa shape index (κ1) is 17.9. The van der Waals surface area contributed by atoms with Crippen molar-refractivity contribution < 1.29 is 19.1 Å². The summed E-state index contributed by atoms with van der Waals surface area (Å²) in [6, 6.07) is 12.3. The Morgan fingerprint density at radius 3 is 2.46 bits per heavy atom. The van der Waals surface area contributed by atoms with E-state index in [0.29, 0.717) is 5.56 Å². The molecule has 24 heavy (non-hydrogen) atoms. The van der Waals surface area contributed by atoms with Crippen molar-refractivity contribution in [3.8, 4) is 0 Å². The molecular weight excluding hydrogens is 335 g/mol. The van der Waals surface area contributed by atoms with Crippen LogP contribution in [0.1, 0.15) is 12.5 Å². The second-order valence-corrected chi connectivity index (χ2v) is 5.81. The first-order valence-electron chi connectivity index (χ1n) is 7.12. The molecule has 3 N–H and O–H groups in total. The minimum absolute atomic E-state index is 0.145. The molecule has 0 saturated carbocycles. The second kappa shape index (κ2) is 7.42. The zero-order valence-electron chi connectivity index (χ0n) is 12.8. The summed E-state index contributed by atoms with van der Waals surface area (Å²) >= 11 is 5.61. The normalized spacial score (nSPS) is 13.0. The van der Waals surface area contributed by atoms with E-state index in [1.54, 1.807) is 30.3 Å². The van der Waals surface area contributed by atoms with Gasteiger partial charge in [-0.05, 0) is 30.7 Å². The van der Waals surface area contributed by atoms with Gasteiger partial charge in [0.15, 0.2) is 0 Å². The maximum absolute atomic E-state index is 13.1. The lowest BCUT2D eigenvalue weighted by Crippen LogP contribution is -2.43. The fourth-order valence-corrected chi connectivity index (χ4v) is 2.17. The van der Waals surface area contributed by atoms with Crippen molar-refractivity contribution >= 4 is 29.1 Å². The predicted octanol–water partition coefficient (Wildman–Crippen LogP) is 2.44. The van der Waals surface area contributed by atoms with Crippen LogP contribution in [0.3, 0.4) is 0 Å². The Kier molecular flexibility index (Phi) is 5.54. The van der Waals surface area contributed by atoms with Crippen molar-refractivity contribution in [2.75, 3.05) is 11.9 Å². The number of nitrogens with one attached hydrogen (secondary N) is 2. The van der Waals surface area contributed by atoms with Crippen LogP contribution < -0.4 is 10.6 Å². The number of rotatable bonds is 4. The molecule has 0 spiro atoms. The number of anilines is 1. The van der Waals surface area contributed by atoms with Gasteiger partial charge in [0.05, 0.1) is 11.6 Å². The molecule has 2 amide bonds. The largest absolute Gasteiger partial charge is 0.384 e. The molecule has 126 valence electrons. The smallest absolute Gasteiger partial charge is 0.313 e. The maximum atomic E-state index is 13.1. The Morgan fingerprint density at radius 1 is 1.17 bits per heavy atom. The van der Waals surface area contributed by atoms with Crippen LogP contribution >= 0.6 is 11.6 Å². The first-order valence-corrected chi connectivity index (χ1v) is 7.49. The molecule has 0 heterocycles. The molecule has 0 aliphatic rings. The van der Waals surface area contributed by atoms with Gasteiger partial charge < -0.3 is 15.7 Å². The van der Waals surface area contributed by atoms with E-state index in [2.05, 4.69) is 10.6 Å². The summed E-state index contributed by atoms with van der Waals surface area (Å²) < 4.78 is 13.1. The molecule has 5 nitrogen and oxygen atoms in total. The molecule has 7 heteroatoms. The maximum Gasteiger partial charge on any atom is 0.313 e. The van der Waals surface area contributed by atoms with Crippen molar-refractivity contribution in [1.82, 2.24) is 5.32 Å². The average molecular weight is 351 g/mol. The highest BCUT2D eigenvalue weighted by molar-refractivity contribution is 6.39. The van der Waals surface area contributed by atoms with E-state index < -0.39 is 23.2 Å². The highest BCUT2D eigenvalue weighted by Gasteiger charge is 2.25. The molecule has 0 bridgehead atoms. The summed E-state index contributed by atoms with van der Waals surface area (Å²) in [5, 5.41) is 14.9. The van der Waals surface area contributed by atoms with Crippen LogP contribution in [0.2, 0.25) is 5.02 Å². The number of carbonyl (C=O) groups excluding carboxylic acids is 2. The van der Waals surface area contributed by atoms with Crippen molar-refractivity contribution in [1.29, 1.82) is 0 Å². The molecule has 1 atom stereocenters. The van der Waals surface area contributed by atoms with Gasteiger partial charge in [0.25, 0.3) is 0 Å². The van der Waals surface area contributed by atoms with Gasteiger partial charge in [-0.15, -0.1) is 0 Å². The highest BCUT2D eigenvalue weighted by atomic mass is 35.5. The third-order valence-electron chi connectivity index (χ3n) is 3.37. The van der Waals surface area contributed by atoms with Crippen molar-refractivity contribution in [3.63, 3.8) is 0 Å². The Morgan fingerprint density at radius 2 is 1.83 bits per heavy atom. The Balaban J connectivity index is 1.94. The summed E-state index contributed by atoms with van der Waals surface area (Å²) in [4.78, 5) is 23.7. The van der Waals surface area contributed by atoms with Crippen LogP contribution in [-0.4, -0.2) is 23.5 Å². The van der Waals surface area contributed by atoms with Crippen LogP contribution in [0, 0.1) is 5.82 Å². The number of aliphatic hydroxyl groups is 1. The Hall–Kier alpha value is -2.44. The van der Waals surface area contributed by atoms with Gasteiger partial charge in [0, 0.05) is 5.69 Å². The second-order valence-electron chi connectivity index (χ2n) is 5.41.